The van der Waals surface area contributed by atoms with Gasteiger partial charge in [0.05, 0.1) is 16.4 Å². The fourth-order valence-corrected chi connectivity index (χ4v) is 5.48. The summed E-state index contributed by atoms with van der Waals surface area (Å²) in [5.41, 5.74) is 7.65. The van der Waals surface area contributed by atoms with E-state index in [1.807, 2.05) is 12.1 Å². The molecule has 1 N–H and O–H groups in total. The molecule has 0 saturated carbocycles. The molecule has 0 atom stereocenters. The standard InChI is InChI=1S/C30H18N2O/c1-2-8-18(9-3-1)32-26-15-14-21-20-11-5-7-13-28(20)33-30(21)29(26)23-16-25-22(17-27(23)32)19-10-4-6-12-24(19)31-25/h1-17,31H. The second-order valence-corrected chi connectivity index (χ2v) is 8.69. The van der Waals surface area contributed by atoms with Crippen LogP contribution in [0, 0.1) is 0 Å². The monoisotopic (exact) mass is 422 g/mol. The van der Waals surface area contributed by atoms with Crippen LogP contribution in [0.3, 0.4) is 0 Å². The normalized spacial score (nSPS) is 12.2. The van der Waals surface area contributed by atoms with Gasteiger partial charge in [-0.05, 0) is 48.5 Å². The van der Waals surface area contributed by atoms with Crippen LogP contribution in [-0.4, -0.2) is 9.55 Å². The summed E-state index contributed by atoms with van der Waals surface area (Å²) in [5, 5.41) is 7.14. The molecule has 3 nitrogen and oxygen atoms in total. The van der Waals surface area contributed by atoms with Gasteiger partial charge in [-0.3, -0.25) is 0 Å². The zero-order valence-corrected chi connectivity index (χ0v) is 17.7. The summed E-state index contributed by atoms with van der Waals surface area (Å²) in [6, 6.07) is 36.4. The van der Waals surface area contributed by atoms with Gasteiger partial charge in [0.2, 0.25) is 0 Å². The molecular formula is C30H18N2O. The van der Waals surface area contributed by atoms with Crippen LogP contribution in [-0.2, 0) is 0 Å². The third-order valence-electron chi connectivity index (χ3n) is 6.91. The van der Waals surface area contributed by atoms with Gasteiger partial charge in [0.15, 0.2) is 0 Å². The first-order valence-electron chi connectivity index (χ1n) is 11.2. The highest BCUT2D eigenvalue weighted by molar-refractivity contribution is 6.26. The molecular weight excluding hydrogens is 404 g/mol. The van der Waals surface area contributed by atoms with E-state index < -0.39 is 0 Å². The summed E-state index contributed by atoms with van der Waals surface area (Å²) >= 11 is 0. The maximum Gasteiger partial charge on any atom is 0.145 e. The third-order valence-corrected chi connectivity index (χ3v) is 6.91. The molecule has 5 aromatic carbocycles. The largest absolute Gasteiger partial charge is 0.455 e. The van der Waals surface area contributed by atoms with E-state index in [-0.39, 0.29) is 0 Å². The molecule has 3 heteroatoms. The van der Waals surface area contributed by atoms with E-state index >= 15 is 0 Å². The molecule has 0 saturated heterocycles. The number of fused-ring (bicyclic) bond motifs is 10. The van der Waals surface area contributed by atoms with Crippen molar-refractivity contribution in [3.05, 3.63) is 103 Å². The highest BCUT2D eigenvalue weighted by Crippen LogP contribution is 2.42. The van der Waals surface area contributed by atoms with Crippen LogP contribution in [0.2, 0.25) is 0 Å². The number of hydrogen-bond donors (Lipinski definition) is 1. The Kier molecular flexibility index (Phi) is 3.14. The molecule has 8 rings (SSSR count). The third kappa shape index (κ3) is 2.18. The SMILES string of the molecule is c1ccc(-n2c3cc4c(cc3c3c5oc6ccccc6c5ccc32)[nH]c2ccccc24)cc1. The highest BCUT2D eigenvalue weighted by Gasteiger charge is 2.20. The van der Waals surface area contributed by atoms with Crippen LogP contribution < -0.4 is 0 Å². The summed E-state index contributed by atoms with van der Waals surface area (Å²) in [6.45, 7) is 0. The molecule has 0 amide bonds. The van der Waals surface area contributed by atoms with Crippen molar-refractivity contribution in [1.82, 2.24) is 9.55 Å². The number of para-hydroxylation sites is 3. The van der Waals surface area contributed by atoms with Crippen LogP contribution in [0.5, 0.6) is 0 Å². The van der Waals surface area contributed by atoms with Crippen molar-refractivity contribution in [2.45, 2.75) is 0 Å². The number of aromatic nitrogens is 2. The second-order valence-electron chi connectivity index (χ2n) is 8.69. The predicted molar refractivity (Wildman–Crippen MR) is 137 cm³/mol. The Morgan fingerprint density at radius 1 is 0.545 bits per heavy atom. The lowest BCUT2D eigenvalue weighted by atomic mass is 10.1. The fourth-order valence-electron chi connectivity index (χ4n) is 5.48. The lowest BCUT2D eigenvalue weighted by molar-refractivity contribution is 0.673. The van der Waals surface area contributed by atoms with Gasteiger partial charge in [0.1, 0.15) is 11.2 Å². The van der Waals surface area contributed by atoms with E-state index in [9.17, 15) is 0 Å². The second kappa shape index (κ2) is 6.05. The first-order chi connectivity index (χ1) is 16.4. The molecule has 8 aromatic rings. The molecule has 0 fully saturated rings. The average Bonchev–Trinajstić information content (AvgIpc) is 3.52. The number of nitrogens with zero attached hydrogens (tertiary/aromatic N) is 1. The van der Waals surface area contributed by atoms with Gasteiger partial charge in [-0.25, -0.2) is 0 Å². The minimum absolute atomic E-state index is 0.923. The number of hydrogen-bond acceptors (Lipinski definition) is 1. The van der Waals surface area contributed by atoms with E-state index in [0.717, 1.165) is 49.6 Å². The van der Waals surface area contributed by atoms with Crippen molar-refractivity contribution in [2.24, 2.45) is 0 Å². The molecule has 0 aliphatic rings. The summed E-state index contributed by atoms with van der Waals surface area (Å²) in [5.74, 6) is 0. The Labute approximate surface area is 188 Å². The molecule has 0 bridgehead atoms. The smallest absolute Gasteiger partial charge is 0.145 e. The van der Waals surface area contributed by atoms with E-state index in [4.69, 9.17) is 4.42 Å². The van der Waals surface area contributed by atoms with Crippen molar-refractivity contribution in [3.63, 3.8) is 0 Å². The van der Waals surface area contributed by atoms with Gasteiger partial charge >= 0.3 is 0 Å². The van der Waals surface area contributed by atoms with Crippen molar-refractivity contribution in [1.29, 1.82) is 0 Å². The Balaban J connectivity index is 1.65. The van der Waals surface area contributed by atoms with Crippen molar-refractivity contribution >= 4 is 65.6 Å². The van der Waals surface area contributed by atoms with Crippen molar-refractivity contribution in [3.8, 4) is 5.69 Å². The summed E-state index contributed by atoms with van der Waals surface area (Å²) in [7, 11) is 0. The number of H-pyrrole nitrogens is 1. The van der Waals surface area contributed by atoms with E-state index in [1.54, 1.807) is 0 Å². The predicted octanol–water partition coefficient (Wildman–Crippen LogP) is 8.32. The molecule has 0 aliphatic heterocycles. The minimum Gasteiger partial charge on any atom is -0.455 e. The Morgan fingerprint density at radius 3 is 2.24 bits per heavy atom. The first kappa shape index (κ1) is 17.1. The first-order valence-corrected chi connectivity index (χ1v) is 11.2. The van der Waals surface area contributed by atoms with Gasteiger partial charge in [0.25, 0.3) is 0 Å². The van der Waals surface area contributed by atoms with Crippen molar-refractivity contribution in [2.75, 3.05) is 0 Å². The Hall–Kier alpha value is -4.50. The molecule has 3 heterocycles. The molecule has 0 aliphatic carbocycles. The maximum absolute atomic E-state index is 6.47. The zero-order chi connectivity index (χ0) is 21.5. The maximum atomic E-state index is 6.47. The quantitative estimate of drug-likeness (QED) is 0.283. The zero-order valence-electron chi connectivity index (χ0n) is 17.7. The lowest BCUT2D eigenvalue weighted by Crippen LogP contribution is -1.92. The van der Waals surface area contributed by atoms with Gasteiger partial charge in [0, 0.05) is 43.7 Å². The molecule has 3 aromatic heterocycles. The van der Waals surface area contributed by atoms with Gasteiger partial charge in [-0.2, -0.15) is 0 Å². The topological polar surface area (TPSA) is 33.9 Å². The van der Waals surface area contributed by atoms with E-state index in [1.165, 1.54) is 21.7 Å². The number of aromatic amines is 1. The van der Waals surface area contributed by atoms with Crippen molar-refractivity contribution < 1.29 is 4.42 Å². The van der Waals surface area contributed by atoms with Crippen LogP contribution in [0.1, 0.15) is 0 Å². The highest BCUT2D eigenvalue weighted by atomic mass is 16.3. The number of rotatable bonds is 1. The molecule has 33 heavy (non-hydrogen) atoms. The fraction of sp³-hybridized carbons (Fsp3) is 0. The molecule has 0 radical (unpaired) electrons. The summed E-state index contributed by atoms with van der Waals surface area (Å²) < 4.78 is 8.83. The number of benzene rings is 5. The van der Waals surface area contributed by atoms with Crippen LogP contribution in [0.4, 0.5) is 0 Å². The molecule has 0 unspecified atom stereocenters. The minimum atomic E-state index is 0.923. The van der Waals surface area contributed by atoms with Gasteiger partial charge in [-0.15, -0.1) is 0 Å². The summed E-state index contributed by atoms with van der Waals surface area (Å²) in [4.78, 5) is 3.62. The Bertz CT molecular complexity index is 2020. The summed E-state index contributed by atoms with van der Waals surface area (Å²) in [6.07, 6.45) is 0. The average molecular weight is 422 g/mol. The van der Waals surface area contributed by atoms with Gasteiger partial charge in [-0.1, -0.05) is 54.6 Å². The van der Waals surface area contributed by atoms with Crippen LogP contribution in [0.25, 0.3) is 71.2 Å². The number of furan rings is 1. The lowest BCUT2D eigenvalue weighted by Gasteiger charge is -2.07. The molecule has 154 valence electrons. The van der Waals surface area contributed by atoms with E-state index in [2.05, 4.69) is 101 Å². The van der Waals surface area contributed by atoms with Crippen LogP contribution in [0.15, 0.2) is 108 Å². The number of nitrogens with one attached hydrogen (secondary N) is 1. The van der Waals surface area contributed by atoms with E-state index in [0.29, 0.717) is 0 Å². The Morgan fingerprint density at radius 2 is 1.33 bits per heavy atom. The van der Waals surface area contributed by atoms with Gasteiger partial charge < -0.3 is 14.0 Å². The molecule has 0 spiro atoms. The van der Waals surface area contributed by atoms with Crippen LogP contribution >= 0.6 is 0 Å².